The molecule has 0 fully saturated rings. The molecule has 0 aromatic carbocycles. The molecule has 0 aliphatic carbocycles. The number of carbonyl (C=O) groups is 2. The summed E-state index contributed by atoms with van der Waals surface area (Å²) >= 11 is 0. The predicted molar refractivity (Wildman–Crippen MR) is 52.1 cm³/mol. The van der Waals surface area contributed by atoms with Crippen LogP contribution in [0.5, 0.6) is 0 Å². The van der Waals surface area contributed by atoms with Gasteiger partial charge in [0.25, 0.3) is 0 Å². The van der Waals surface area contributed by atoms with Crippen LogP contribution in [0.4, 0.5) is 0 Å². The van der Waals surface area contributed by atoms with E-state index < -0.39 is 0 Å². The Morgan fingerprint density at radius 1 is 1.08 bits per heavy atom. The quantitative estimate of drug-likeness (QED) is 0.440. The molecule has 0 saturated heterocycles. The Labute approximate surface area is 75.1 Å². The van der Waals surface area contributed by atoms with Crippen LogP contribution >= 0.6 is 0 Å². The van der Waals surface area contributed by atoms with E-state index in [4.69, 9.17) is 0 Å². The summed E-state index contributed by atoms with van der Waals surface area (Å²) in [6.07, 6.45) is 2.75. The molecule has 12 heavy (non-hydrogen) atoms. The molecule has 0 atom stereocenters. The Balaban J connectivity index is 3.91. The topological polar surface area (TPSA) is 34.1 Å². The molecule has 0 spiro atoms. The first-order chi connectivity index (χ1) is 5.63. The molecule has 0 N–H and O–H groups in total. The van der Waals surface area contributed by atoms with Gasteiger partial charge in [-0.2, -0.15) is 0 Å². The second-order valence-electron chi connectivity index (χ2n) is 3.15. The molecule has 0 amide bonds. The first-order valence-electron chi connectivity index (χ1n) is 4.68. The van der Waals surface area contributed by atoms with E-state index in [-0.39, 0.29) is 17.4 Å². The zero-order valence-corrected chi connectivity index (χ0v) is 8.22. The summed E-state index contributed by atoms with van der Waals surface area (Å²) in [5, 5.41) is 0. The van der Waals surface area contributed by atoms with E-state index in [9.17, 15) is 9.59 Å². The SMILES string of the molecule is BC(C(=O)CCC)C(=O)CCC. The number of carbonyl (C=O) groups excluding carboxylic acids is 2. The first kappa shape index (κ1) is 11.4. The summed E-state index contributed by atoms with van der Waals surface area (Å²) in [5.74, 6) is -0.184. The molecule has 68 valence electrons. The molecule has 0 bridgehead atoms. The van der Waals surface area contributed by atoms with Crippen molar-refractivity contribution in [1.29, 1.82) is 0 Å². The lowest BCUT2D eigenvalue weighted by Gasteiger charge is -2.06. The molecule has 3 heteroatoms. The van der Waals surface area contributed by atoms with E-state index >= 15 is 0 Å². The Hall–Kier alpha value is -0.595. The fraction of sp³-hybridized carbons (Fsp3) is 0.778. The largest absolute Gasteiger partial charge is 0.300 e. The van der Waals surface area contributed by atoms with Gasteiger partial charge < -0.3 is 0 Å². The third-order valence-electron chi connectivity index (χ3n) is 1.96. The minimum atomic E-state index is -0.370. The lowest BCUT2D eigenvalue weighted by molar-refractivity contribution is -0.126. The van der Waals surface area contributed by atoms with Crippen LogP contribution < -0.4 is 0 Å². The number of ketones is 2. The molecule has 0 aliphatic heterocycles. The van der Waals surface area contributed by atoms with Crippen molar-refractivity contribution in [3.05, 3.63) is 0 Å². The summed E-state index contributed by atoms with van der Waals surface area (Å²) in [7, 11) is 1.72. The molecule has 0 heterocycles. The second-order valence-corrected chi connectivity index (χ2v) is 3.15. The molecule has 0 unspecified atom stereocenters. The van der Waals surface area contributed by atoms with E-state index in [2.05, 4.69) is 0 Å². The van der Waals surface area contributed by atoms with Crippen LogP contribution in [-0.2, 0) is 9.59 Å². The highest BCUT2D eigenvalue weighted by Crippen LogP contribution is 2.10. The number of Topliss-reactive ketones (excluding diaryl/α,β-unsaturated/α-hetero) is 2. The first-order valence-corrected chi connectivity index (χ1v) is 4.68. The van der Waals surface area contributed by atoms with Crippen LogP contribution in [0.1, 0.15) is 39.5 Å². The number of hydrogen-bond acceptors (Lipinski definition) is 2. The smallest absolute Gasteiger partial charge is 0.135 e. The van der Waals surface area contributed by atoms with Gasteiger partial charge in [0.1, 0.15) is 19.4 Å². The van der Waals surface area contributed by atoms with E-state index in [0.29, 0.717) is 12.8 Å². The lowest BCUT2D eigenvalue weighted by atomic mass is 9.77. The maximum atomic E-state index is 11.2. The minimum absolute atomic E-state index is 0.0935. The average molecular weight is 168 g/mol. The van der Waals surface area contributed by atoms with Gasteiger partial charge in [0, 0.05) is 18.7 Å². The monoisotopic (exact) mass is 168 g/mol. The highest BCUT2D eigenvalue weighted by atomic mass is 16.1. The van der Waals surface area contributed by atoms with Crippen molar-refractivity contribution in [2.24, 2.45) is 0 Å². The Bertz CT molecular complexity index is 148. The molecule has 0 aromatic heterocycles. The van der Waals surface area contributed by atoms with Crippen molar-refractivity contribution in [3.63, 3.8) is 0 Å². The van der Waals surface area contributed by atoms with Crippen molar-refractivity contribution in [3.8, 4) is 0 Å². The summed E-state index contributed by atoms with van der Waals surface area (Å²) in [4.78, 5) is 22.5. The van der Waals surface area contributed by atoms with Crippen molar-refractivity contribution >= 4 is 19.4 Å². The standard InChI is InChI=1S/C9H17BO2/c1-3-5-7(11)9(10)8(12)6-4-2/h9H,3-6,10H2,1-2H3. The van der Waals surface area contributed by atoms with Crippen molar-refractivity contribution in [2.75, 3.05) is 0 Å². The van der Waals surface area contributed by atoms with E-state index in [1.54, 1.807) is 7.85 Å². The van der Waals surface area contributed by atoms with Crippen molar-refractivity contribution in [1.82, 2.24) is 0 Å². The average Bonchev–Trinajstić information content (AvgIpc) is 2.04. The summed E-state index contributed by atoms with van der Waals surface area (Å²) in [6.45, 7) is 3.91. The predicted octanol–water partition coefficient (Wildman–Crippen LogP) is 1.15. The van der Waals surface area contributed by atoms with Crippen LogP contribution in [0.2, 0.25) is 5.82 Å². The third-order valence-corrected chi connectivity index (χ3v) is 1.96. The fourth-order valence-electron chi connectivity index (χ4n) is 1.11. The highest BCUT2D eigenvalue weighted by Gasteiger charge is 2.18. The van der Waals surface area contributed by atoms with Gasteiger partial charge in [-0.25, -0.2) is 0 Å². The zero-order valence-electron chi connectivity index (χ0n) is 8.22. The normalized spacial score (nSPS) is 10.2. The van der Waals surface area contributed by atoms with Gasteiger partial charge in [-0.3, -0.25) is 9.59 Å². The molecule has 0 aliphatic rings. The van der Waals surface area contributed by atoms with Crippen LogP contribution in [0.15, 0.2) is 0 Å². The van der Waals surface area contributed by atoms with Gasteiger partial charge in [-0.1, -0.05) is 13.8 Å². The van der Waals surface area contributed by atoms with Gasteiger partial charge in [0.15, 0.2) is 0 Å². The highest BCUT2D eigenvalue weighted by molar-refractivity contribution is 6.36. The fourth-order valence-corrected chi connectivity index (χ4v) is 1.11. The number of hydrogen-bond donors (Lipinski definition) is 0. The maximum absolute atomic E-state index is 11.2. The van der Waals surface area contributed by atoms with Gasteiger partial charge in [-0.15, -0.1) is 0 Å². The summed E-state index contributed by atoms with van der Waals surface area (Å²) in [5.41, 5.74) is 0. The molecule has 0 aromatic rings. The summed E-state index contributed by atoms with van der Waals surface area (Å²) in [6, 6.07) is 0. The molecule has 0 rings (SSSR count). The molecular formula is C9H17BO2. The second kappa shape index (κ2) is 5.98. The lowest BCUT2D eigenvalue weighted by Crippen LogP contribution is -2.17. The Kier molecular flexibility index (Phi) is 5.68. The molecule has 0 saturated carbocycles. The van der Waals surface area contributed by atoms with Crippen molar-refractivity contribution < 1.29 is 9.59 Å². The zero-order chi connectivity index (χ0) is 9.56. The van der Waals surface area contributed by atoms with Crippen LogP contribution in [0.3, 0.4) is 0 Å². The van der Waals surface area contributed by atoms with Crippen LogP contribution in [-0.4, -0.2) is 19.4 Å². The van der Waals surface area contributed by atoms with E-state index in [0.717, 1.165) is 12.8 Å². The Morgan fingerprint density at radius 3 is 1.67 bits per heavy atom. The molecule has 2 nitrogen and oxygen atoms in total. The van der Waals surface area contributed by atoms with Gasteiger partial charge in [-0.05, 0) is 12.8 Å². The van der Waals surface area contributed by atoms with E-state index in [1.807, 2.05) is 13.8 Å². The van der Waals surface area contributed by atoms with Crippen molar-refractivity contribution in [2.45, 2.75) is 45.3 Å². The minimum Gasteiger partial charge on any atom is -0.300 e. The maximum Gasteiger partial charge on any atom is 0.135 e. The van der Waals surface area contributed by atoms with E-state index in [1.165, 1.54) is 0 Å². The number of rotatable bonds is 6. The van der Waals surface area contributed by atoms with Gasteiger partial charge in [0.05, 0.1) is 0 Å². The molecule has 0 radical (unpaired) electrons. The Morgan fingerprint density at radius 2 is 1.42 bits per heavy atom. The van der Waals surface area contributed by atoms with Crippen LogP contribution in [0.25, 0.3) is 0 Å². The molecular weight excluding hydrogens is 151 g/mol. The van der Waals surface area contributed by atoms with Gasteiger partial charge >= 0.3 is 0 Å². The van der Waals surface area contributed by atoms with Gasteiger partial charge in [0.2, 0.25) is 0 Å². The summed E-state index contributed by atoms with van der Waals surface area (Å²) < 4.78 is 0. The van der Waals surface area contributed by atoms with Crippen LogP contribution in [0, 0.1) is 0 Å². The third kappa shape index (κ3) is 3.70.